The van der Waals surface area contributed by atoms with Crippen molar-refractivity contribution in [2.45, 2.75) is 13.2 Å². The third-order valence-electron chi connectivity index (χ3n) is 5.77. The van der Waals surface area contributed by atoms with Crippen LogP contribution in [0.15, 0.2) is 97.1 Å². The SMILES string of the molecule is OCCOCc1cccc(C#Cc2cccc(C#CC#Cc3cccc(C#Cc4cccc(COCCO)c4)c3)c2)c1. The molecule has 0 unspecified atom stereocenters. The first-order valence-corrected chi connectivity index (χ1v) is 13.5. The molecule has 4 rings (SSSR count). The van der Waals surface area contributed by atoms with Crippen molar-refractivity contribution in [1.82, 2.24) is 0 Å². The van der Waals surface area contributed by atoms with Crippen LogP contribution in [-0.4, -0.2) is 36.6 Å². The summed E-state index contributed by atoms with van der Waals surface area (Å²) in [5.74, 6) is 24.8. The highest BCUT2D eigenvalue weighted by molar-refractivity contribution is 5.51. The number of aliphatic hydroxyl groups excluding tert-OH is 2. The lowest BCUT2D eigenvalue weighted by atomic mass is 10.1. The molecule has 4 heteroatoms. The number of rotatable bonds is 8. The zero-order valence-electron chi connectivity index (χ0n) is 23.2. The van der Waals surface area contributed by atoms with E-state index in [9.17, 15) is 0 Å². The maximum atomic E-state index is 8.87. The van der Waals surface area contributed by atoms with Crippen molar-refractivity contribution in [3.05, 3.63) is 142 Å². The Bertz CT molecular complexity index is 1610. The second kappa shape index (κ2) is 16.9. The maximum absolute atomic E-state index is 8.87. The third kappa shape index (κ3) is 10.5. The van der Waals surface area contributed by atoms with E-state index in [-0.39, 0.29) is 13.2 Å². The molecule has 0 aliphatic rings. The smallest absolute Gasteiger partial charge is 0.0718 e. The van der Waals surface area contributed by atoms with Crippen molar-refractivity contribution in [3.63, 3.8) is 0 Å². The van der Waals surface area contributed by atoms with Gasteiger partial charge in [-0.2, -0.15) is 0 Å². The van der Waals surface area contributed by atoms with Crippen LogP contribution in [0.25, 0.3) is 0 Å². The van der Waals surface area contributed by atoms with Gasteiger partial charge in [0.2, 0.25) is 0 Å². The van der Waals surface area contributed by atoms with Crippen molar-refractivity contribution in [1.29, 1.82) is 0 Å². The summed E-state index contributed by atoms with van der Waals surface area (Å²) in [6.07, 6.45) is 0. The Kier molecular flexibility index (Phi) is 12.1. The molecule has 0 aliphatic carbocycles. The van der Waals surface area contributed by atoms with Gasteiger partial charge < -0.3 is 19.7 Å². The predicted octanol–water partition coefficient (Wildman–Crippen LogP) is 4.91. The summed E-state index contributed by atoms with van der Waals surface area (Å²) < 4.78 is 10.8. The van der Waals surface area contributed by atoms with Crippen LogP contribution in [0.5, 0.6) is 0 Å². The quantitative estimate of drug-likeness (QED) is 0.242. The van der Waals surface area contributed by atoms with Crippen molar-refractivity contribution in [2.24, 2.45) is 0 Å². The van der Waals surface area contributed by atoms with Gasteiger partial charge >= 0.3 is 0 Å². The minimum absolute atomic E-state index is 0.00803. The van der Waals surface area contributed by atoms with E-state index in [1.54, 1.807) is 0 Å². The van der Waals surface area contributed by atoms with Gasteiger partial charge in [-0.15, -0.1) is 0 Å². The summed E-state index contributed by atoms with van der Waals surface area (Å²) in [6.45, 7) is 1.53. The summed E-state index contributed by atoms with van der Waals surface area (Å²) in [5, 5.41) is 17.7. The van der Waals surface area contributed by atoms with Gasteiger partial charge in [0.1, 0.15) is 0 Å². The Morgan fingerprint density at radius 2 is 0.762 bits per heavy atom. The molecule has 0 bridgehead atoms. The van der Waals surface area contributed by atoms with Crippen LogP contribution < -0.4 is 0 Å². The first-order valence-electron chi connectivity index (χ1n) is 13.5. The first-order chi connectivity index (χ1) is 20.7. The standard InChI is InChI=1S/C38H30O4/c39-21-23-41-29-37-15-5-13-35(27-37)19-17-33-11-3-9-31(25-33)7-1-2-8-32-10-4-12-34(26-32)18-20-36-14-6-16-38(28-36)30-42-24-22-40/h3-6,9-16,25-28,39-40H,21-24,29-30H2. The largest absolute Gasteiger partial charge is 0.394 e. The molecule has 0 fully saturated rings. The molecule has 0 spiro atoms. The molecule has 4 nitrogen and oxygen atoms in total. The van der Waals surface area contributed by atoms with Crippen LogP contribution in [0.1, 0.15) is 44.5 Å². The Balaban J connectivity index is 1.38. The first kappa shape index (κ1) is 29.9. The topological polar surface area (TPSA) is 58.9 Å². The average molecular weight is 551 g/mol. The Morgan fingerprint density at radius 1 is 0.429 bits per heavy atom. The minimum Gasteiger partial charge on any atom is -0.394 e. The highest BCUT2D eigenvalue weighted by Crippen LogP contribution is 2.09. The molecule has 0 heterocycles. The molecule has 42 heavy (non-hydrogen) atoms. The molecule has 2 N–H and O–H groups in total. The van der Waals surface area contributed by atoms with Gasteiger partial charge in [-0.3, -0.25) is 0 Å². The highest BCUT2D eigenvalue weighted by atomic mass is 16.5. The monoisotopic (exact) mass is 550 g/mol. The average Bonchev–Trinajstić information content (AvgIpc) is 3.02. The van der Waals surface area contributed by atoms with E-state index in [2.05, 4.69) is 47.4 Å². The van der Waals surface area contributed by atoms with Crippen LogP contribution in [0.3, 0.4) is 0 Å². The van der Waals surface area contributed by atoms with E-state index in [0.29, 0.717) is 26.4 Å². The van der Waals surface area contributed by atoms with E-state index in [1.807, 2.05) is 97.1 Å². The van der Waals surface area contributed by atoms with Gasteiger partial charge in [-0.05, 0) is 83.6 Å². The van der Waals surface area contributed by atoms with Crippen LogP contribution in [0.4, 0.5) is 0 Å². The number of ether oxygens (including phenoxy) is 2. The van der Waals surface area contributed by atoms with Crippen molar-refractivity contribution < 1.29 is 19.7 Å². The fourth-order valence-electron chi connectivity index (χ4n) is 3.83. The molecule has 0 atom stereocenters. The fourth-order valence-corrected chi connectivity index (χ4v) is 3.83. The molecule has 0 amide bonds. The molecule has 0 aliphatic heterocycles. The zero-order chi connectivity index (χ0) is 29.2. The molecule has 206 valence electrons. The van der Waals surface area contributed by atoms with Crippen LogP contribution in [0.2, 0.25) is 0 Å². The Labute approximate surface area is 248 Å². The van der Waals surface area contributed by atoms with Crippen molar-refractivity contribution in [2.75, 3.05) is 26.4 Å². The van der Waals surface area contributed by atoms with Crippen LogP contribution in [-0.2, 0) is 22.7 Å². The van der Waals surface area contributed by atoms with E-state index in [0.717, 1.165) is 44.5 Å². The van der Waals surface area contributed by atoms with E-state index in [1.165, 1.54) is 0 Å². The van der Waals surface area contributed by atoms with Gasteiger partial charge in [0.25, 0.3) is 0 Å². The predicted molar refractivity (Wildman–Crippen MR) is 165 cm³/mol. The summed E-state index contributed by atoms with van der Waals surface area (Å²) >= 11 is 0. The van der Waals surface area contributed by atoms with Gasteiger partial charge in [0, 0.05) is 33.4 Å². The maximum Gasteiger partial charge on any atom is 0.0718 e. The normalized spacial score (nSPS) is 9.67. The number of hydrogen-bond acceptors (Lipinski definition) is 4. The molecule has 4 aromatic carbocycles. The lowest BCUT2D eigenvalue weighted by Crippen LogP contribution is -1.99. The number of benzene rings is 4. The summed E-state index contributed by atoms with van der Waals surface area (Å²) in [7, 11) is 0. The number of hydrogen-bond donors (Lipinski definition) is 2. The number of aliphatic hydroxyl groups is 2. The molecular weight excluding hydrogens is 520 g/mol. The van der Waals surface area contributed by atoms with E-state index < -0.39 is 0 Å². The fraction of sp³-hybridized carbons (Fsp3) is 0.158. The molecule has 0 saturated carbocycles. The third-order valence-corrected chi connectivity index (χ3v) is 5.77. The van der Waals surface area contributed by atoms with Crippen LogP contribution >= 0.6 is 0 Å². The summed E-state index contributed by atoms with van der Waals surface area (Å²) in [6, 6.07) is 31.2. The Hall–Kier alpha value is -5.04. The van der Waals surface area contributed by atoms with Gasteiger partial charge in [0.15, 0.2) is 0 Å². The van der Waals surface area contributed by atoms with Crippen LogP contribution in [0, 0.1) is 47.4 Å². The van der Waals surface area contributed by atoms with Crippen molar-refractivity contribution >= 4 is 0 Å². The van der Waals surface area contributed by atoms with Gasteiger partial charge in [0.05, 0.1) is 39.6 Å². The molecule has 4 aromatic rings. The van der Waals surface area contributed by atoms with Gasteiger partial charge in [-0.25, -0.2) is 0 Å². The minimum atomic E-state index is 0.00803. The van der Waals surface area contributed by atoms with Gasteiger partial charge in [-0.1, -0.05) is 71.9 Å². The zero-order valence-corrected chi connectivity index (χ0v) is 23.2. The lowest BCUT2D eigenvalue weighted by Gasteiger charge is -2.02. The Morgan fingerprint density at radius 3 is 1.14 bits per heavy atom. The molecule has 0 saturated heterocycles. The summed E-state index contributed by atoms with van der Waals surface area (Å²) in [4.78, 5) is 0. The van der Waals surface area contributed by atoms with Crippen molar-refractivity contribution in [3.8, 4) is 47.4 Å². The van der Waals surface area contributed by atoms with E-state index >= 15 is 0 Å². The second-order valence-electron chi connectivity index (χ2n) is 9.11. The van der Waals surface area contributed by atoms with E-state index in [4.69, 9.17) is 19.7 Å². The lowest BCUT2D eigenvalue weighted by molar-refractivity contribution is 0.0815. The molecular formula is C38H30O4. The summed E-state index contributed by atoms with van der Waals surface area (Å²) in [5.41, 5.74) is 7.22. The molecule has 0 radical (unpaired) electrons. The highest BCUT2D eigenvalue weighted by Gasteiger charge is 1.97. The second-order valence-corrected chi connectivity index (χ2v) is 9.11. The molecule has 0 aromatic heterocycles.